The van der Waals surface area contributed by atoms with E-state index in [0.29, 0.717) is 5.69 Å². The van der Waals surface area contributed by atoms with Crippen LogP contribution in [0.4, 0.5) is 11.4 Å². The van der Waals surface area contributed by atoms with Gasteiger partial charge in [-0.3, -0.25) is 10.6 Å². The van der Waals surface area contributed by atoms with Crippen LogP contribution in [0, 0.1) is 6.92 Å². The fourth-order valence-electron chi connectivity index (χ4n) is 1.57. The van der Waals surface area contributed by atoms with Crippen LogP contribution in [0.15, 0.2) is 46.0 Å². The molecule has 0 aliphatic rings. The Morgan fingerprint density at radius 2 is 2.05 bits per heavy atom. The molecular formula is C12H13BrN4O2S. The number of aryl methyl sites for hydroxylation is 1. The van der Waals surface area contributed by atoms with E-state index in [-0.39, 0.29) is 10.7 Å². The monoisotopic (exact) mass is 356 g/mol. The average Bonchev–Trinajstić information content (AvgIpc) is 2.42. The first-order valence-electron chi connectivity index (χ1n) is 5.64. The topological polar surface area (TPSA) is 97.1 Å². The van der Waals surface area contributed by atoms with Crippen molar-refractivity contribution < 1.29 is 8.42 Å². The second-order valence-electron chi connectivity index (χ2n) is 4.07. The Morgan fingerprint density at radius 1 is 1.30 bits per heavy atom. The van der Waals surface area contributed by atoms with Crippen LogP contribution < -0.4 is 16.0 Å². The van der Waals surface area contributed by atoms with Gasteiger partial charge >= 0.3 is 0 Å². The molecule has 1 aromatic heterocycles. The molecule has 2 aromatic rings. The summed E-state index contributed by atoms with van der Waals surface area (Å²) in [6, 6.07) is 8.30. The largest absolute Gasteiger partial charge is 0.321 e. The predicted molar refractivity (Wildman–Crippen MR) is 81.7 cm³/mol. The molecule has 2 rings (SSSR count). The molecule has 1 heterocycles. The van der Waals surface area contributed by atoms with Gasteiger partial charge in [0.2, 0.25) is 5.03 Å². The third-order valence-electron chi connectivity index (χ3n) is 2.61. The van der Waals surface area contributed by atoms with Gasteiger partial charge in [-0.1, -0.05) is 22.0 Å². The van der Waals surface area contributed by atoms with Crippen molar-refractivity contribution >= 4 is 37.3 Å². The molecule has 6 nitrogen and oxygen atoms in total. The number of hydrogen-bond acceptors (Lipinski definition) is 5. The van der Waals surface area contributed by atoms with Crippen molar-refractivity contribution in [2.45, 2.75) is 11.9 Å². The summed E-state index contributed by atoms with van der Waals surface area (Å²) in [5.74, 6) is 5.29. The number of hydrazine groups is 1. The summed E-state index contributed by atoms with van der Waals surface area (Å²) in [6.45, 7) is 1.91. The molecule has 0 aliphatic carbocycles. The van der Waals surface area contributed by atoms with Crippen molar-refractivity contribution in [3.8, 4) is 0 Å². The highest BCUT2D eigenvalue weighted by Crippen LogP contribution is 2.24. The maximum Gasteiger partial charge on any atom is 0.281 e. The number of nitrogens with two attached hydrogens (primary N) is 1. The summed E-state index contributed by atoms with van der Waals surface area (Å²) in [6.07, 6.45) is 1.39. The van der Waals surface area contributed by atoms with E-state index in [0.717, 1.165) is 10.0 Å². The average molecular weight is 357 g/mol. The Bertz CT molecular complexity index is 734. The number of halogens is 1. The fraction of sp³-hybridized carbons (Fsp3) is 0.0833. The lowest BCUT2D eigenvalue weighted by atomic mass is 10.2. The van der Waals surface area contributed by atoms with Gasteiger partial charge in [0, 0.05) is 10.7 Å². The van der Waals surface area contributed by atoms with Crippen molar-refractivity contribution in [2.75, 3.05) is 10.1 Å². The Kier molecular flexibility index (Phi) is 4.26. The second kappa shape index (κ2) is 5.78. The molecule has 0 amide bonds. The lowest BCUT2D eigenvalue weighted by Crippen LogP contribution is -2.18. The Balaban J connectivity index is 2.38. The van der Waals surface area contributed by atoms with Crippen molar-refractivity contribution in [3.05, 3.63) is 46.6 Å². The Hall–Kier alpha value is -1.64. The minimum absolute atomic E-state index is 0.154. The van der Waals surface area contributed by atoms with Gasteiger partial charge < -0.3 is 5.43 Å². The molecule has 1 aromatic carbocycles. The SMILES string of the molecule is Cc1ccc(NS(=O)(=O)c2ncccc2NN)cc1Br. The minimum Gasteiger partial charge on any atom is -0.321 e. The fourth-order valence-corrected chi connectivity index (χ4v) is 3.10. The summed E-state index contributed by atoms with van der Waals surface area (Å²) >= 11 is 3.36. The van der Waals surface area contributed by atoms with E-state index in [4.69, 9.17) is 5.84 Å². The van der Waals surface area contributed by atoms with Crippen LogP contribution in [0.25, 0.3) is 0 Å². The van der Waals surface area contributed by atoms with Crippen molar-refractivity contribution in [1.82, 2.24) is 4.98 Å². The third-order valence-corrected chi connectivity index (χ3v) is 4.80. The highest BCUT2D eigenvalue weighted by Gasteiger charge is 2.20. The van der Waals surface area contributed by atoms with E-state index in [1.165, 1.54) is 12.3 Å². The molecule has 0 spiro atoms. The predicted octanol–water partition coefficient (Wildman–Crippen LogP) is 2.24. The van der Waals surface area contributed by atoms with Gasteiger partial charge in [-0.25, -0.2) is 4.98 Å². The molecule has 0 radical (unpaired) electrons. The molecule has 0 fully saturated rings. The number of hydrogen-bond donors (Lipinski definition) is 3. The number of nitrogens with one attached hydrogen (secondary N) is 2. The summed E-state index contributed by atoms with van der Waals surface area (Å²) in [5, 5.41) is -0.154. The number of benzene rings is 1. The van der Waals surface area contributed by atoms with Crippen LogP contribution >= 0.6 is 15.9 Å². The number of nitrogen functional groups attached to an aromatic ring is 1. The maximum absolute atomic E-state index is 12.3. The molecule has 0 aliphatic heterocycles. The Morgan fingerprint density at radius 3 is 2.70 bits per heavy atom. The zero-order chi connectivity index (χ0) is 14.8. The van der Waals surface area contributed by atoms with E-state index in [1.807, 2.05) is 13.0 Å². The lowest BCUT2D eigenvalue weighted by molar-refractivity contribution is 0.598. The highest BCUT2D eigenvalue weighted by molar-refractivity contribution is 9.10. The first-order valence-corrected chi connectivity index (χ1v) is 7.92. The first kappa shape index (κ1) is 14.8. The molecule has 8 heteroatoms. The van der Waals surface area contributed by atoms with Gasteiger partial charge in [-0.2, -0.15) is 8.42 Å². The minimum atomic E-state index is -3.81. The zero-order valence-electron chi connectivity index (χ0n) is 10.6. The lowest BCUT2D eigenvalue weighted by Gasteiger charge is -2.11. The molecule has 0 saturated carbocycles. The van der Waals surface area contributed by atoms with Gasteiger partial charge in [0.1, 0.15) is 0 Å². The maximum atomic E-state index is 12.3. The number of aromatic nitrogens is 1. The normalized spacial score (nSPS) is 11.2. The number of sulfonamides is 1. The van der Waals surface area contributed by atoms with Gasteiger partial charge in [0.25, 0.3) is 10.0 Å². The molecule has 0 atom stereocenters. The molecule has 20 heavy (non-hydrogen) atoms. The van der Waals surface area contributed by atoms with Crippen LogP contribution in [-0.4, -0.2) is 13.4 Å². The molecule has 106 valence electrons. The molecule has 0 bridgehead atoms. The Labute approximate surface area is 125 Å². The highest BCUT2D eigenvalue weighted by atomic mass is 79.9. The van der Waals surface area contributed by atoms with Crippen molar-refractivity contribution in [2.24, 2.45) is 5.84 Å². The van der Waals surface area contributed by atoms with Crippen LogP contribution in [-0.2, 0) is 10.0 Å². The van der Waals surface area contributed by atoms with E-state index >= 15 is 0 Å². The zero-order valence-corrected chi connectivity index (χ0v) is 13.0. The second-order valence-corrected chi connectivity index (χ2v) is 6.52. The van der Waals surface area contributed by atoms with Crippen LogP contribution in [0.2, 0.25) is 0 Å². The van der Waals surface area contributed by atoms with E-state index in [2.05, 4.69) is 31.1 Å². The summed E-state index contributed by atoms with van der Waals surface area (Å²) in [4.78, 5) is 3.85. The molecular weight excluding hydrogens is 344 g/mol. The first-order chi connectivity index (χ1) is 9.44. The van der Waals surface area contributed by atoms with Gasteiger partial charge in [0.05, 0.1) is 11.4 Å². The van der Waals surface area contributed by atoms with Crippen LogP contribution in [0.5, 0.6) is 0 Å². The van der Waals surface area contributed by atoms with E-state index in [1.54, 1.807) is 18.2 Å². The van der Waals surface area contributed by atoms with Crippen LogP contribution in [0.1, 0.15) is 5.56 Å². The van der Waals surface area contributed by atoms with Gasteiger partial charge in [-0.15, -0.1) is 0 Å². The summed E-state index contributed by atoms with van der Waals surface area (Å²) in [7, 11) is -3.81. The standard InChI is InChI=1S/C12H13BrN4O2S/c1-8-4-5-9(7-10(8)13)17-20(18,19)12-11(16-14)3-2-6-15-12/h2-7,16-17H,14H2,1H3. The number of rotatable bonds is 4. The van der Waals surface area contributed by atoms with Crippen molar-refractivity contribution in [1.29, 1.82) is 0 Å². The van der Waals surface area contributed by atoms with Crippen LogP contribution in [0.3, 0.4) is 0 Å². The smallest absolute Gasteiger partial charge is 0.281 e. The third kappa shape index (κ3) is 3.09. The summed E-state index contributed by atoms with van der Waals surface area (Å²) < 4.78 is 27.9. The number of nitrogens with zero attached hydrogens (tertiary/aromatic N) is 1. The van der Waals surface area contributed by atoms with E-state index < -0.39 is 10.0 Å². The van der Waals surface area contributed by atoms with Crippen molar-refractivity contribution in [3.63, 3.8) is 0 Å². The molecule has 0 saturated heterocycles. The molecule has 4 N–H and O–H groups in total. The van der Waals surface area contributed by atoms with Gasteiger partial charge in [0.15, 0.2) is 0 Å². The quantitative estimate of drug-likeness (QED) is 0.576. The number of pyridine rings is 1. The molecule has 0 unspecified atom stereocenters. The van der Waals surface area contributed by atoms with Gasteiger partial charge in [-0.05, 0) is 36.8 Å². The summed E-state index contributed by atoms with van der Waals surface area (Å²) in [5.41, 5.74) is 4.00. The van der Waals surface area contributed by atoms with E-state index in [9.17, 15) is 8.42 Å². The number of anilines is 2.